The van der Waals surface area contributed by atoms with E-state index in [2.05, 4.69) is 20.3 Å². The van der Waals surface area contributed by atoms with Crippen LogP contribution in [0.1, 0.15) is 29.0 Å². The van der Waals surface area contributed by atoms with Crippen molar-refractivity contribution < 1.29 is 14.0 Å². The first kappa shape index (κ1) is 20.9. The molecule has 0 aliphatic carbocycles. The summed E-state index contributed by atoms with van der Waals surface area (Å²) in [4.78, 5) is 34.7. The molecule has 1 fully saturated rings. The normalized spacial score (nSPS) is 14.5. The van der Waals surface area contributed by atoms with Crippen molar-refractivity contribution in [2.75, 3.05) is 13.1 Å². The average molecular weight is 441 g/mol. The van der Waals surface area contributed by atoms with Gasteiger partial charge < -0.3 is 10.6 Å². The minimum atomic E-state index is -0.369. The molecule has 0 saturated carbocycles. The lowest BCUT2D eigenvalue weighted by Gasteiger charge is -2.30. The predicted octanol–water partition coefficient (Wildman–Crippen LogP) is 1.83. The molecule has 0 radical (unpaired) electrons. The van der Waals surface area contributed by atoms with Gasteiger partial charge >= 0.3 is 0 Å². The van der Waals surface area contributed by atoms with Crippen LogP contribution in [0.2, 0.25) is 0 Å². The number of piperidine rings is 1. The van der Waals surface area contributed by atoms with E-state index in [0.717, 1.165) is 0 Å². The summed E-state index contributed by atoms with van der Waals surface area (Å²) in [6, 6.07) is 7.52. The molecule has 2 N–H and O–H groups in total. The Bertz CT molecular complexity index is 1070. The van der Waals surface area contributed by atoms with E-state index < -0.39 is 0 Å². The van der Waals surface area contributed by atoms with E-state index in [0.29, 0.717) is 48.2 Å². The van der Waals surface area contributed by atoms with Crippen LogP contribution in [0.4, 0.5) is 4.39 Å². The molecule has 4 rings (SSSR count). The topological polar surface area (TPSA) is 120 Å². The first-order valence-corrected chi connectivity index (χ1v) is 10.7. The van der Waals surface area contributed by atoms with Crippen LogP contribution in [0.15, 0.2) is 47.9 Å². The van der Waals surface area contributed by atoms with Gasteiger partial charge in [0.2, 0.25) is 5.91 Å². The molecule has 2 amide bonds. The lowest BCUT2D eigenvalue weighted by atomic mass is 9.96. The Kier molecular flexibility index (Phi) is 6.21. The molecule has 3 heterocycles. The Balaban J connectivity index is 1.61. The summed E-state index contributed by atoms with van der Waals surface area (Å²) in [6.45, 7) is 0.842. The maximum atomic E-state index is 13.4. The van der Waals surface area contributed by atoms with Crippen LogP contribution >= 0.6 is 11.8 Å². The van der Waals surface area contributed by atoms with Crippen LogP contribution in [0.25, 0.3) is 5.69 Å². The Hall–Kier alpha value is -3.34. The number of nitrogens with two attached hydrogens (primary N) is 1. The molecule has 0 unspecified atom stereocenters. The first-order chi connectivity index (χ1) is 15.0. The fourth-order valence-corrected chi connectivity index (χ4v) is 4.19. The van der Waals surface area contributed by atoms with Gasteiger partial charge in [-0.2, -0.15) is 0 Å². The second-order valence-corrected chi connectivity index (χ2v) is 8.00. The zero-order chi connectivity index (χ0) is 21.8. The molecule has 1 aromatic carbocycles. The van der Waals surface area contributed by atoms with Crippen LogP contribution in [0.3, 0.4) is 0 Å². The zero-order valence-corrected chi connectivity index (χ0v) is 17.3. The van der Waals surface area contributed by atoms with E-state index in [1.54, 1.807) is 35.5 Å². The molecule has 2 aromatic heterocycles. The van der Waals surface area contributed by atoms with Crippen molar-refractivity contribution in [1.29, 1.82) is 0 Å². The van der Waals surface area contributed by atoms with Crippen LogP contribution in [0.5, 0.6) is 0 Å². The molecule has 1 aliphatic heterocycles. The van der Waals surface area contributed by atoms with Gasteiger partial charge in [-0.05, 0) is 43.2 Å². The van der Waals surface area contributed by atoms with Gasteiger partial charge in [0, 0.05) is 37.2 Å². The zero-order valence-electron chi connectivity index (χ0n) is 16.5. The molecule has 1 aliphatic rings. The number of thioether (sulfide) groups is 1. The van der Waals surface area contributed by atoms with E-state index in [-0.39, 0.29) is 29.2 Å². The number of benzene rings is 1. The minimum Gasteiger partial charge on any atom is -0.369 e. The smallest absolute Gasteiger partial charge is 0.276 e. The van der Waals surface area contributed by atoms with E-state index in [9.17, 15) is 14.0 Å². The SMILES string of the molecule is NC(=O)C1CCN(C(=O)c2nnn(-c3ccc(F)cc3)c2CSc2ncccn2)CC1. The monoisotopic (exact) mass is 441 g/mol. The van der Waals surface area contributed by atoms with Crippen LogP contribution in [0, 0.1) is 11.7 Å². The highest BCUT2D eigenvalue weighted by Crippen LogP contribution is 2.25. The van der Waals surface area contributed by atoms with Gasteiger partial charge in [0.15, 0.2) is 10.9 Å². The van der Waals surface area contributed by atoms with Crippen LogP contribution in [-0.2, 0) is 10.5 Å². The second-order valence-electron chi connectivity index (χ2n) is 7.06. The van der Waals surface area contributed by atoms with E-state index in [1.165, 1.54) is 28.6 Å². The van der Waals surface area contributed by atoms with E-state index >= 15 is 0 Å². The van der Waals surface area contributed by atoms with Gasteiger partial charge in [0.1, 0.15) is 5.82 Å². The molecule has 9 nitrogen and oxygen atoms in total. The van der Waals surface area contributed by atoms with Gasteiger partial charge in [-0.1, -0.05) is 17.0 Å². The minimum absolute atomic E-state index is 0.213. The third kappa shape index (κ3) is 4.71. The van der Waals surface area contributed by atoms with E-state index in [4.69, 9.17) is 5.73 Å². The third-order valence-corrected chi connectivity index (χ3v) is 5.99. The quantitative estimate of drug-likeness (QED) is 0.458. The second kappa shape index (κ2) is 9.21. The molecule has 0 atom stereocenters. The van der Waals surface area contributed by atoms with E-state index in [1.807, 2.05) is 0 Å². The van der Waals surface area contributed by atoms with Crippen molar-refractivity contribution in [2.45, 2.75) is 23.8 Å². The first-order valence-electron chi connectivity index (χ1n) is 9.72. The Morgan fingerprint density at radius 3 is 2.45 bits per heavy atom. The summed E-state index contributed by atoms with van der Waals surface area (Å²) in [6.07, 6.45) is 4.32. The number of halogens is 1. The highest BCUT2D eigenvalue weighted by Gasteiger charge is 2.30. The molecule has 1 saturated heterocycles. The molecular formula is C20H20FN7O2S. The summed E-state index contributed by atoms with van der Waals surface area (Å²) >= 11 is 1.34. The molecule has 3 aromatic rings. The summed E-state index contributed by atoms with van der Waals surface area (Å²) in [5, 5.41) is 8.85. The Labute approximate surface area is 181 Å². The van der Waals surface area contributed by atoms with Crippen molar-refractivity contribution in [3.63, 3.8) is 0 Å². The summed E-state index contributed by atoms with van der Waals surface area (Å²) in [7, 11) is 0. The Morgan fingerprint density at radius 1 is 1.13 bits per heavy atom. The highest BCUT2D eigenvalue weighted by atomic mass is 32.2. The number of nitrogens with zero attached hydrogens (tertiary/aromatic N) is 6. The van der Waals surface area contributed by atoms with Crippen molar-refractivity contribution in [3.8, 4) is 5.69 Å². The van der Waals surface area contributed by atoms with Gasteiger partial charge in [-0.3, -0.25) is 9.59 Å². The van der Waals surface area contributed by atoms with Crippen molar-refractivity contribution in [1.82, 2.24) is 29.9 Å². The lowest BCUT2D eigenvalue weighted by Crippen LogP contribution is -2.42. The number of hydrogen-bond acceptors (Lipinski definition) is 7. The summed E-state index contributed by atoms with van der Waals surface area (Å²) < 4.78 is 14.9. The number of likely N-dealkylation sites (tertiary alicyclic amines) is 1. The van der Waals surface area contributed by atoms with Crippen molar-refractivity contribution in [3.05, 3.63) is 59.9 Å². The number of carbonyl (C=O) groups is 2. The molecule has 160 valence electrons. The maximum Gasteiger partial charge on any atom is 0.276 e. The van der Waals surface area contributed by atoms with Gasteiger partial charge in [0.25, 0.3) is 5.91 Å². The van der Waals surface area contributed by atoms with Gasteiger partial charge in [0.05, 0.1) is 11.4 Å². The standard InChI is InChI=1S/C20H20FN7O2S/c21-14-2-4-15(5-3-14)28-16(12-31-20-23-8-1-9-24-20)17(25-26-28)19(30)27-10-6-13(7-11-27)18(22)29/h1-5,8-9,13H,6-7,10-12H2,(H2,22,29). The van der Waals surface area contributed by atoms with Crippen molar-refractivity contribution in [2.24, 2.45) is 11.7 Å². The highest BCUT2D eigenvalue weighted by molar-refractivity contribution is 7.98. The summed E-state index contributed by atoms with van der Waals surface area (Å²) in [5.41, 5.74) is 6.75. The molecular weight excluding hydrogens is 421 g/mol. The van der Waals surface area contributed by atoms with Crippen molar-refractivity contribution >= 4 is 23.6 Å². The largest absolute Gasteiger partial charge is 0.369 e. The number of hydrogen-bond donors (Lipinski definition) is 1. The van der Waals surface area contributed by atoms with Gasteiger partial charge in [-0.15, -0.1) is 5.10 Å². The molecule has 0 spiro atoms. The number of aromatic nitrogens is 5. The molecule has 0 bridgehead atoms. The fraction of sp³-hybridized carbons (Fsp3) is 0.300. The third-order valence-electron chi connectivity index (χ3n) is 5.10. The molecule has 31 heavy (non-hydrogen) atoms. The number of carbonyl (C=O) groups excluding carboxylic acids is 2. The molecule has 11 heteroatoms. The van der Waals surface area contributed by atoms with Gasteiger partial charge in [-0.25, -0.2) is 19.0 Å². The maximum absolute atomic E-state index is 13.4. The predicted molar refractivity (Wildman–Crippen MR) is 111 cm³/mol. The lowest BCUT2D eigenvalue weighted by molar-refractivity contribution is -0.123. The number of primary amides is 1. The summed E-state index contributed by atoms with van der Waals surface area (Å²) in [5.74, 6) is -0.849. The van der Waals surface area contributed by atoms with Crippen LogP contribution < -0.4 is 5.73 Å². The number of rotatable bonds is 6. The van der Waals surface area contributed by atoms with Crippen LogP contribution in [-0.4, -0.2) is 54.8 Å². The average Bonchev–Trinajstić information content (AvgIpc) is 3.22. The number of amides is 2. The fourth-order valence-electron chi connectivity index (χ4n) is 3.40. The Morgan fingerprint density at radius 2 is 1.81 bits per heavy atom.